The number of alkyl halides is 3. The van der Waals surface area contributed by atoms with Crippen LogP contribution in [0.1, 0.15) is 30.9 Å². The van der Waals surface area contributed by atoms with Crippen LogP contribution < -0.4 is 0 Å². The van der Waals surface area contributed by atoms with E-state index < -0.39 is 17.5 Å². The first-order valence-electron chi connectivity index (χ1n) is 5.81. The SMILES string of the molecule is CC(N=Cc1ccc(C(F)(F)F)cc1O)C1CC1. The van der Waals surface area contributed by atoms with E-state index in [1.165, 1.54) is 12.3 Å². The summed E-state index contributed by atoms with van der Waals surface area (Å²) in [5.74, 6) is 0.189. The van der Waals surface area contributed by atoms with E-state index in [0.717, 1.165) is 25.0 Å². The monoisotopic (exact) mass is 257 g/mol. The highest BCUT2D eigenvalue weighted by atomic mass is 19.4. The summed E-state index contributed by atoms with van der Waals surface area (Å²) in [6.45, 7) is 1.97. The lowest BCUT2D eigenvalue weighted by atomic mass is 10.1. The lowest BCUT2D eigenvalue weighted by Crippen LogP contribution is -2.05. The van der Waals surface area contributed by atoms with Gasteiger partial charge in [-0.3, -0.25) is 4.99 Å². The molecule has 1 aromatic carbocycles. The van der Waals surface area contributed by atoms with Gasteiger partial charge in [-0.25, -0.2) is 0 Å². The maximum atomic E-state index is 12.4. The van der Waals surface area contributed by atoms with Crippen LogP contribution in [0.15, 0.2) is 23.2 Å². The van der Waals surface area contributed by atoms with Gasteiger partial charge in [-0.05, 0) is 43.9 Å². The van der Waals surface area contributed by atoms with Gasteiger partial charge in [0.15, 0.2) is 0 Å². The lowest BCUT2D eigenvalue weighted by Gasteiger charge is -2.08. The summed E-state index contributed by atoms with van der Waals surface area (Å²) >= 11 is 0. The molecule has 0 heterocycles. The van der Waals surface area contributed by atoms with E-state index in [1.807, 2.05) is 6.92 Å². The van der Waals surface area contributed by atoms with Crippen LogP contribution in [0.4, 0.5) is 13.2 Å². The minimum absolute atomic E-state index is 0.159. The highest BCUT2D eigenvalue weighted by molar-refractivity contribution is 5.83. The molecule has 0 amide bonds. The molecule has 2 rings (SSSR count). The third-order valence-corrected chi connectivity index (χ3v) is 3.11. The summed E-state index contributed by atoms with van der Waals surface area (Å²) in [6, 6.07) is 3.07. The Labute approximate surface area is 103 Å². The molecule has 5 heteroatoms. The quantitative estimate of drug-likeness (QED) is 0.824. The Balaban J connectivity index is 2.14. The average Bonchev–Trinajstić information content (AvgIpc) is 3.09. The molecule has 98 valence electrons. The van der Waals surface area contributed by atoms with Crippen molar-refractivity contribution in [2.45, 2.75) is 32.0 Å². The van der Waals surface area contributed by atoms with Gasteiger partial charge in [0.25, 0.3) is 0 Å². The van der Waals surface area contributed by atoms with Crippen LogP contribution in [-0.4, -0.2) is 17.4 Å². The van der Waals surface area contributed by atoms with Crippen molar-refractivity contribution in [1.29, 1.82) is 0 Å². The predicted molar refractivity (Wildman–Crippen MR) is 62.9 cm³/mol. The van der Waals surface area contributed by atoms with Gasteiger partial charge >= 0.3 is 6.18 Å². The zero-order valence-electron chi connectivity index (χ0n) is 9.91. The van der Waals surface area contributed by atoms with Crippen LogP contribution in [-0.2, 0) is 6.18 Å². The summed E-state index contributed by atoms with van der Waals surface area (Å²) in [7, 11) is 0. The molecule has 0 bridgehead atoms. The molecule has 2 nitrogen and oxygen atoms in total. The molecule has 1 N–H and O–H groups in total. The van der Waals surface area contributed by atoms with Crippen molar-refractivity contribution < 1.29 is 18.3 Å². The molecular weight excluding hydrogens is 243 g/mol. The number of phenols is 1. The number of halogens is 3. The van der Waals surface area contributed by atoms with Crippen LogP contribution in [0.2, 0.25) is 0 Å². The van der Waals surface area contributed by atoms with Gasteiger partial charge in [-0.1, -0.05) is 0 Å². The first-order valence-corrected chi connectivity index (χ1v) is 5.81. The second kappa shape index (κ2) is 4.63. The van der Waals surface area contributed by atoms with Crippen LogP contribution in [0.5, 0.6) is 5.75 Å². The van der Waals surface area contributed by atoms with Gasteiger partial charge in [-0.15, -0.1) is 0 Å². The highest BCUT2D eigenvalue weighted by Crippen LogP contribution is 2.34. The van der Waals surface area contributed by atoms with Crippen LogP contribution >= 0.6 is 0 Å². The van der Waals surface area contributed by atoms with Gasteiger partial charge < -0.3 is 5.11 Å². The Hall–Kier alpha value is -1.52. The summed E-state index contributed by atoms with van der Waals surface area (Å²) < 4.78 is 37.1. The van der Waals surface area contributed by atoms with Gasteiger partial charge in [0, 0.05) is 17.8 Å². The molecule has 1 fully saturated rings. The molecular formula is C13H14F3NO. The average molecular weight is 257 g/mol. The van der Waals surface area contributed by atoms with Gasteiger partial charge in [0.2, 0.25) is 0 Å². The van der Waals surface area contributed by atoms with Crippen LogP contribution in [0.25, 0.3) is 0 Å². The van der Waals surface area contributed by atoms with Crippen molar-refractivity contribution in [1.82, 2.24) is 0 Å². The third-order valence-electron chi connectivity index (χ3n) is 3.11. The predicted octanol–water partition coefficient (Wildman–Crippen LogP) is 3.63. The minimum Gasteiger partial charge on any atom is -0.507 e. The smallest absolute Gasteiger partial charge is 0.416 e. The minimum atomic E-state index is -4.44. The number of phenolic OH excluding ortho intramolecular Hbond substituents is 1. The molecule has 0 saturated heterocycles. The van der Waals surface area contributed by atoms with E-state index in [9.17, 15) is 18.3 Å². The topological polar surface area (TPSA) is 32.6 Å². The van der Waals surface area contributed by atoms with E-state index >= 15 is 0 Å². The third kappa shape index (κ3) is 3.03. The second-order valence-electron chi connectivity index (χ2n) is 4.63. The molecule has 0 aromatic heterocycles. The van der Waals surface area contributed by atoms with Crippen molar-refractivity contribution in [2.24, 2.45) is 10.9 Å². The first kappa shape index (κ1) is 12.9. The molecule has 0 radical (unpaired) electrons. The molecule has 1 aliphatic rings. The fourth-order valence-electron chi connectivity index (χ4n) is 1.73. The van der Waals surface area contributed by atoms with Crippen molar-refractivity contribution in [3.05, 3.63) is 29.3 Å². The Kier molecular flexibility index (Phi) is 3.32. The lowest BCUT2D eigenvalue weighted by molar-refractivity contribution is -0.137. The number of benzene rings is 1. The van der Waals surface area contributed by atoms with Gasteiger partial charge in [0.1, 0.15) is 5.75 Å². The fraction of sp³-hybridized carbons (Fsp3) is 0.462. The molecule has 18 heavy (non-hydrogen) atoms. The number of rotatable bonds is 3. The van der Waals surface area contributed by atoms with E-state index in [2.05, 4.69) is 4.99 Å². The normalized spacial score (nSPS) is 18.2. The largest absolute Gasteiger partial charge is 0.507 e. The summed E-state index contributed by atoms with van der Waals surface area (Å²) in [5, 5.41) is 9.53. The van der Waals surface area contributed by atoms with Crippen molar-refractivity contribution in [3.8, 4) is 5.75 Å². The van der Waals surface area contributed by atoms with Gasteiger partial charge in [0.05, 0.1) is 5.56 Å². The Bertz CT molecular complexity index is 464. The summed E-state index contributed by atoms with van der Waals surface area (Å²) in [6.07, 6.45) is -0.693. The fourth-order valence-corrected chi connectivity index (χ4v) is 1.73. The van der Waals surface area contributed by atoms with Crippen molar-refractivity contribution in [3.63, 3.8) is 0 Å². The molecule has 1 unspecified atom stereocenters. The van der Waals surface area contributed by atoms with Gasteiger partial charge in [-0.2, -0.15) is 13.2 Å². The first-order chi connectivity index (χ1) is 8.38. The summed E-state index contributed by atoms with van der Waals surface area (Å²) in [5.41, 5.74) is -0.539. The second-order valence-corrected chi connectivity index (χ2v) is 4.63. The molecule has 1 atom stereocenters. The number of aliphatic imine (C=N–C) groups is 1. The number of aromatic hydroxyl groups is 1. The number of hydrogen-bond acceptors (Lipinski definition) is 2. The molecule has 0 spiro atoms. The highest BCUT2D eigenvalue weighted by Gasteiger charge is 2.31. The number of hydrogen-bond donors (Lipinski definition) is 1. The van der Waals surface area contributed by atoms with E-state index in [1.54, 1.807) is 0 Å². The maximum Gasteiger partial charge on any atom is 0.416 e. The van der Waals surface area contributed by atoms with E-state index in [0.29, 0.717) is 11.5 Å². The Morgan fingerprint density at radius 2 is 2.06 bits per heavy atom. The maximum absolute atomic E-state index is 12.4. The Morgan fingerprint density at radius 1 is 1.39 bits per heavy atom. The van der Waals surface area contributed by atoms with Crippen molar-refractivity contribution >= 4 is 6.21 Å². The zero-order chi connectivity index (χ0) is 13.3. The molecule has 1 aliphatic carbocycles. The zero-order valence-corrected chi connectivity index (χ0v) is 9.91. The molecule has 0 aliphatic heterocycles. The summed E-state index contributed by atoms with van der Waals surface area (Å²) in [4.78, 5) is 4.24. The number of nitrogens with zero attached hydrogens (tertiary/aromatic N) is 1. The van der Waals surface area contributed by atoms with E-state index in [4.69, 9.17) is 0 Å². The Morgan fingerprint density at radius 3 is 2.56 bits per heavy atom. The molecule has 1 aromatic rings. The van der Waals surface area contributed by atoms with E-state index in [-0.39, 0.29) is 6.04 Å². The van der Waals surface area contributed by atoms with Crippen molar-refractivity contribution in [2.75, 3.05) is 0 Å². The van der Waals surface area contributed by atoms with Crippen LogP contribution in [0, 0.1) is 5.92 Å². The van der Waals surface area contributed by atoms with Crippen LogP contribution in [0.3, 0.4) is 0 Å². The standard InChI is InChI=1S/C13H14F3NO/c1-8(9-2-3-9)17-7-10-4-5-11(6-12(10)18)13(14,15)16/h4-9,18H,2-3H2,1H3. The molecule has 1 saturated carbocycles.